The van der Waals surface area contributed by atoms with Crippen LogP contribution in [0.25, 0.3) is 11.1 Å². The molecule has 1 aliphatic heterocycles. The minimum Gasteiger partial charge on any atom is -0.439 e. The van der Waals surface area contributed by atoms with E-state index in [1.54, 1.807) is 0 Å². The smallest absolute Gasteiger partial charge is 0.209 e. The predicted molar refractivity (Wildman–Crippen MR) is 85.2 cm³/mol. The van der Waals surface area contributed by atoms with Gasteiger partial charge in [0.25, 0.3) is 0 Å². The van der Waals surface area contributed by atoms with Gasteiger partial charge in [-0.25, -0.2) is 4.98 Å². The lowest BCUT2D eigenvalue weighted by Crippen LogP contribution is -2.37. The van der Waals surface area contributed by atoms with Crippen LogP contribution in [0.1, 0.15) is 38.5 Å². The van der Waals surface area contributed by atoms with Crippen molar-refractivity contribution in [2.24, 2.45) is 0 Å². The quantitative estimate of drug-likeness (QED) is 0.849. The van der Waals surface area contributed by atoms with Crippen LogP contribution in [-0.2, 0) is 6.54 Å². The van der Waals surface area contributed by atoms with Crippen LogP contribution >= 0.6 is 0 Å². The maximum Gasteiger partial charge on any atom is 0.209 e. The molecule has 1 aromatic heterocycles. The van der Waals surface area contributed by atoms with Crippen LogP contribution < -0.4 is 5.32 Å². The summed E-state index contributed by atoms with van der Waals surface area (Å²) in [6, 6.07) is 8.63. The van der Waals surface area contributed by atoms with E-state index in [0.717, 1.165) is 43.2 Å². The van der Waals surface area contributed by atoms with Crippen LogP contribution in [0.3, 0.4) is 0 Å². The molecule has 1 unspecified atom stereocenters. The normalized spacial score (nSPS) is 18.9. The number of nitrogens with one attached hydrogen (secondary N) is 1. The first-order valence-electron chi connectivity index (χ1n) is 8.15. The Morgan fingerprint density at radius 2 is 2.29 bits per heavy atom. The van der Waals surface area contributed by atoms with E-state index in [0.29, 0.717) is 6.04 Å². The fraction of sp³-hybridized carbons (Fsp3) is 0.588. The zero-order chi connectivity index (χ0) is 14.5. The van der Waals surface area contributed by atoms with E-state index in [1.165, 1.54) is 25.7 Å². The Labute approximate surface area is 126 Å². The second-order valence-corrected chi connectivity index (χ2v) is 5.96. The monoisotopic (exact) mass is 287 g/mol. The van der Waals surface area contributed by atoms with E-state index in [2.05, 4.69) is 22.1 Å². The Bertz CT molecular complexity index is 527. The first kappa shape index (κ1) is 14.5. The summed E-state index contributed by atoms with van der Waals surface area (Å²) < 4.78 is 5.87. The zero-order valence-corrected chi connectivity index (χ0v) is 12.8. The van der Waals surface area contributed by atoms with Crippen LogP contribution in [0.4, 0.5) is 0 Å². The molecule has 1 fully saturated rings. The molecule has 0 aliphatic carbocycles. The van der Waals surface area contributed by atoms with Crippen LogP contribution in [0.5, 0.6) is 0 Å². The topological polar surface area (TPSA) is 41.3 Å². The van der Waals surface area contributed by atoms with E-state index in [-0.39, 0.29) is 0 Å². The zero-order valence-electron chi connectivity index (χ0n) is 12.8. The van der Waals surface area contributed by atoms with E-state index in [1.807, 2.05) is 24.3 Å². The van der Waals surface area contributed by atoms with Gasteiger partial charge in [-0.3, -0.25) is 4.90 Å². The number of oxazole rings is 1. The predicted octanol–water partition coefficient (Wildman–Crippen LogP) is 3.18. The summed E-state index contributed by atoms with van der Waals surface area (Å²) in [7, 11) is 0. The van der Waals surface area contributed by atoms with Crippen LogP contribution in [0, 0.1) is 0 Å². The van der Waals surface area contributed by atoms with Gasteiger partial charge in [0.1, 0.15) is 5.52 Å². The highest BCUT2D eigenvalue weighted by atomic mass is 16.3. The molecule has 0 spiro atoms. The van der Waals surface area contributed by atoms with Gasteiger partial charge in [0.2, 0.25) is 5.89 Å². The average molecular weight is 287 g/mol. The van der Waals surface area contributed by atoms with Crippen LogP contribution in [0.2, 0.25) is 0 Å². The lowest BCUT2D eigenvalue weighted by Gasteiger charge is -2.24. The van der Waals surface area contributed by atoms with E-state index < -0.39 is 0 Å². The molecule has 0 radical (unpaired) electrons. The van der Waals surface area contributed by atoms with Gasteiger partial charge >= 0.3 is 0 Å². The molecule has 4 heteroatoms. The molecule has 1 saturated heterocycles. The number of aromatic nitrogens is 1. The van der Waals surface area contributed by atoms with E-state index in [4.69, 9.17) is 4.42 Å². The van der Waals surface area contributed by atoms with Gasteiger partial charge < -0.3 is 9.73 Å². The van der Waals surface area contributed by atoms with Gasteiger partial charge in [0.05, 0.1) is 6.54 Å². The number of benzene rings is 1. The SMILES string of the molecule is CCCCN(Cc1nc2ccccc2o1)CC1CCCN1. The highest BCUT2D eigenvalue weighted by molar-refractivity contribution is 5.72. The van der Waals surface area contributed by atoms with Crippen LogP contribution in [-0.4, -0.2) is 35.6 Å². The molecular formula is C17H25N3O. The third-order valence-corrected chi connectivity index (χ3v) is 4.17. The molecule has 0 saturated carbocycles. The molecule has 2 aromatic rings. The number of hydrogen-bond donors (Lipinski definition) is 1. The molecule has 1 aromatic carbocycles. The van der Waals surface area contributed by atoms with Crippen molar-refractivity contribution in [3.05, 3.63) is 30.2 Å². The Morgan fingerprint density at radius 1 is 1.38 bits per heavy atom. The van der Waals surface area contributed by atoms with Crippen molar-refractivity contribution in [3.63, 3.8) is 0 Å². The summed E-state index contributed by atoms with van der Waals surface area (Å²) >= 11 is 0. The standard InChI is InChI=1S/C17H25N3O/c1-2-3-11-20(12-14-7-6-10-18-14)13-17-19-15-8-4-5-9-16(15)21-17/h4-5,8-9,14,18H,2-3,6-7,10-13H2,1H3. The Hall–Kier alpha value is -1.39. The number of unbranched alkanes of at least 4 members (excludes halogenated alkanes) is 1. The second-order valence-electron chi connectivity index (χ2n) is 5.96. The summed E-state index contributed by atoms with van der Waals surface area (Å²) in [4.78, 5) is 7.09. The summed E-state index contributed by atoms with van der Waals surface area (Å²) in [5, 5.41) is 3.58. The van der Waals surface area contributed by atoms with Crippen molar-refractivity contribution in [2.75, 3.05) is 19.6 Å². The molecular weight excluding hydrogens is 262 g/mol. The first-order chi connectivity index (χ1) is 10.3. The van der Waals surface area contributed by atoms with Crippen molar-refractivity contribution in [2.45, 2.75) is 45.2 Å². The molecule has 0 amide bonds. The van der Waals surface area contributed by atoms with Crippen molar-refractivity contribution in [1.82, 2.24) is 15.2 Å². The lowest BCUT2D eigenvalue weighted by molar-refractivity contribution is 0.218. The van der Waals surface area contributed by atoms with Crippen molar-refractivity contribution >= 4 is 11.1 Å². The third kappa shape index (κ3) is 3.83. The Kier molecular flexibility index (Phi) is 4.88. The summed E-state index contributed by atoms with van der Waals surface area (Å²) in [6.45, 7) is 6.43. The number of nitrogens with zero attached hydrogens (tertiary/aromatic N) is 2. The van der Waals surface area contributed by atoms with Crippen LogP contribution in [0.15, 0.2) is 28.7 Å². The Morgan fingerprint density at radius 3 is 3.05 bits per heavy atom. The van der Waals surface area contributed by atoms with Crippen molar-refractivity contribution < 1.29 is 4.42 Å². The molecule has 4 nitrogen and oxygen atoms in total. The summed E-state index contributed by atoms with van der Waals surface area (Å²) in [5.41, 5.74) is 1.85. The number of hydrogen-bond acceptors (Lipinski definition) is 4. The summed E-state index contributed by atoms with van der Waals surface area (Å²) in [5.74, 6) is 0.838. The molecule has 1 N–H and O–H groups in total. The number of fused-ring (bicyclic) bond motifs is 1. The molecule has 0 bridgehead atoms. The number of rotatable bonds is 7. The molecule has 114 valence electrons. The van der Waals surface area contributed by atoms with E-state index >= 15 is 0 Å². The van der Waals surface area contributed by atoms with E-state index in [9.17, 15) is 0 Å². The van der Waals surface area contributed by atoms with Gasteiger partial charge in [-0.05, 0) is 44.5 Å². The lowest BCUT2D eigenvalue weighted by atomic mass is 10.2. The minimum atomic E-state index is 0.631. The maximum atomic E-state index is 5.87. The van der Waals surface area contributed by atoms with Gasteiger partial charge in [0, 0.05) is 12.6 Å². The summed E-state index contributed by atoms with van der Waals surface area (Å²) in [6.07, 6.45) is 5.04. The molecule has 21 heavy (non-hydrogen) atoms. The van der Waals surface area contributed by atoms with Gasteiger partial charge in [0.15, 0.2) is 5.58 Å². The number of para-hydroxylation sites is 2. The minimum absolute atomic E-state index is 0.631. The van der Waals surface area contributed by atoms with Crippen molar-refractivity contribution in [1.29, 1.82) is 0 Å². The molecule has 1 aliphatic rings. The van der Waals surface area contributed by atoms with Crippen molar-refractivity contribution in [3.8, 4) is 0 Å². The second kappa shape index (κ2) is 7.05. The molecule has 1 atom stereocenters. The highest BCUT2D eigenvalue weighted by Gasteiger charge is 2.19. The highest BCUT2D eigenvalue weighted by Crippen LogP contribution is 2.17. The third-order valence-electron chi connectivity index (χ3n) is 4.17. The van der Waals surface area contributed by atoms with Gasteiger partial charge in [-0.15, -0.1) is 0 Å². The molecule has 3 rings (SSSR count). The largest absolute Gasteiger partial charge is 0.439 e. The maximum absolute atomic E-state index is 5.87. The van der Waals surface area contributed by atoms with Gasteiger partial charge in [-0.1, -0.05) is 25.5 Å². The Balaban J connectivity index is 1.66. The fourth-order valence-corrected chi connectivity index (χ4v) is 3.02. The first-order valence-corrected chi connectivity index (χ1v) is 8.15. The molecule has 2 heterocycles. The van der Waals surface area contributed by atoms with Gasteiger partial charge in [-0.2, -0.15) is 0 Å². The average Bonchev–Trinajstić information content (AvgIpc) is 3.13. The fourth-order valence-electron chi connectivity index (χ4n) is 3.02.